The van der Waals surface area contributed by atoms with E-state index in [1.54, 1.807) is 18.3 Å². The number of nitrogens with zero attached hydrogens (tertiary/aromatic N) is 1. The molecule has 20 heavy (non-hydrogen) atoms. The highest BCUT2D eigenvalue weighted by molar-refractivity contribution is 5.62. The number of hydrogen-bond acceptors (Lipinski definition) is 5. The molecule has 3 rings (SSSR count). The quantitative estimate of drug-likeness (QED) is 0.863. The molecule has 104 valence electrons. The zero-order chi connectivity index (χ0) is 13.8. The Morgan fingerprint density at radius 2 is 1.95 bits per heavy atom. The highest BCUT2D eigenvalue weighted by atomic mass is 16.6. The topological polar surface area (TPSA) is 66.6 Å². The van der Waals surface area contributed by atoms with Crippen molar-refractivity contribution in [2.24, 2.45) is 0 Å². The minimum absolute atomic E-state index is 0.515. The number of benzene rings is 1. The molecule has 1 aliphatic heterocycles. The normalized spacial score (nSPS) is 13.0. The van der Waals surface area contributed by atoms with E-state index in [9.17, 15) is 0 Å². The summed E-state index contributed by atoms with van der Waals surface area (Å²) >= 11 is 0. The van der Waals surface area contributed by atoms with E-state index in [0.717, 1.165) is 12.1 Å². The Balaban J connectivity index is 1.65. The van der Waals surface area contributed by atoms with Gasteiger partial charge in [0.2, 0.25) is 0 Å². The second kappa shape index (κ2) is 5.69. The summed E-state index contributed by atoms with van der Waals surface area (Å²) in [4.78, 5) is 4.25. The van der Waals surface area contributed by atoms with Crippen LogP contribution in [0.1, 0.15) is 5.69 Å². The molecule has 2 heterocycles. The molecule has 0 fully saturated rings. The number of ether oxygens (including phenoxy) is 3. The smallest absolute Gasteiger partial charge is 0.165 e. The van der Waals surface area contributed by atoms with Crippen LogP contribution in [-0.4, -0.2) is 24.8 Å². The van der Waals surface area contributed by atoms with Gasteiger partial charge in [-0.05, 0) is 12.1 Å². The molecule has 0 bridgehead atoms. The molecular formula is C15H16N2O3. The first-order valence-electron chi connectivity index (χ1n) is 6.55. The van der Waals surface area contributed by atoms with Gasteiger partial charge in [-0.3, -0.25) is 4.98 Å². The molecule has 0 saturated carbocycles. The Labute approximate surface area is 117 Å². The van der Waals surface area contributed by atoms with Gasteiger partial charge in [0.25, 0.3) is 0 Å². The summed E-state index contributed by atoms with van der Waals surface area (Å²) in [5.41, 5.74) is 7.49. The van der Waals surface area contributed by atoms with Crippen molar-refractivity contribution in [2.45, 2.75) is 6.42 Å². The van der Waals surface area contributed by atoms with Gasteiger partial charge in [0, 0.05) is 30.4 Å². The van der Waals surface area contributed by atoms with Gasteiger partial charge in [0.05, 0.1) is 12.3 Å². The largest absolute Gasteiger partial charge is 0.491 e. The number of rotatable bonds is 4. The van der Waals surface area contributed by atoms with Crippen LogP contribution in [0.3, 0.4) is 0 Å². The number of aromatic nitrogens is 1. The standard InChI is InChI=1S/C15H16N2O3/c16-12-9-14-15(20-8-7-19-14)10-13(12)18-6-4-11-3-1-2-5-17-11/h1-3,5,9-10H,4,6-8,16H2. The third kappa shape index (κ3) is 2.77. The van der Waals surface area contributed by atoms with Crippen LogP contribution in [0, 0.1) is 0 Å². The van der Waals surface area contributed by atoms with E-state index >= 15 is 0 Å². The van der Waals surface area contributed by atoms with Gasteiger partial charge in [0.15, 0.2) is 11.5 Å². The molecule has 5 heteroatoms. The van der Waals surface area contributed by atoms with Crippen molar-refractivity contribution in [1.82, 2.24) is 4.98 Å². The molecule has 5 nitrogen and oxygen atoms in total. The maximum atomic E-state index is 5.95. The first-order valence-corrected chi connectivity index (χ1v) is 6.55. The predicted octanol–water partition coefficient (Wildman–Crippen LogP) is 2.06. The third-order valence-corrected chi connectivity index (χ3v) is 3.02. The third-order valence-electron chi connectivity index (χ3n) is 3.02. The predicted molar refractivity (Wildman–Crippen MR) is 75.3 cm³/mol. The Kier molecular flexibility index (Phi) is 3.58. The van der Waals surface area contributed by atoms with Crippen LogP contribution in [0.25, 0.3) is 0 Å². The second-order valence-corrected chi connectivity index (χ2v) is 4.45. The van der Waals surface area contributed by atoms with Crippen LogP contribution in [0.4, 0.5) is 5.69 Å². The highest BCUT2D eigenvalue weighted by Crippen LogP contribution is 2.38. The summed E-state index contributed by atoms with van der Waals surface area (Å²) in [5, 5.41) is 0. The van der Waals surface area contributed by atoms with Gasteiger partial charge in [-0.1, -0.05) is 6.07 Å². The van der Waals surface area contributed by atoms with Crippen molar-refractivity contribution in [2.75, 3.05) is 25.6 Å². The molecule has 0 saturated heterocycles. The molecule has 0 spiro atoms. The summed E-state index contributed by atoms with van der Waals surface area (Å²) in [6.45, 7) is 1.61. The number of anilines is 1. The molecule has 0 unspecified atom stereocenters. The van der Waals surface area contributed by atoms with Gasteiger partial charge < -0.3 is 19.9 Å². The molecule has 0 atom stereocenters. The number of hydrogen-bond donors (Lipinski definition) is 1. The van der Waals surface area contributed by atoms with E-state index in [4.69, 9.17) is 19.9 Å². The second-order valence-electron chi connectivity index (χ2n) is 4.45. The SMILES string of the molecule is Nc1cc2c(cc1OCCc1ccccn1)OCCO2. The first-order chi connectivity index (χ1) is 9.83. The van der Waals surface area contributed by atoms with E-state index in [2.05, 4.69) is 4.98 Å². The Morgan fingerprint density at radius 1 is 1.15 bits per heavy atom. The lowest BCUT2D eigenvalue weighted by molar-refractivity contribution is 0.170. The fourth-order valence-electron chi connectivity index (χ4n) is 2.02. The number of fused-ring (bicyclic) bond motifs is 1. The summed E-state index contributed by atoms with van der Waals surface area (Å²) in [5.74, 6) is 1.97. The summed E-state index contributed by atoms with van der Waals surface area (Å²) < 4.78 is 16.7. The minimum Gasteiger partial charge on any atom is -0.491 e. The molecule has 0 radical (unpaired) electrons. The first kappa shape index (κ1) is 12.6. The van der Waals surface area contributed by atoms with E-state index < -0.39 is 0 Å². The Hall–Kier alpha value is -2.43. The van der Waals surface area contributed by atoms with Gasteiger partial charge in [-0.15, -0.1) is 0 Å². The minimum atomic E-state index is 0.515. The lowest BCUT2D eigenvalue weighted by atomic mass is 10.2. The van der Waals surface area contributed by atoms with Crippen molar-refractivity contribution in [3.8, 4) is 17.2 Å². The maximum absolute atomic E-state index is 5.95. The van der Waals surface area contributed by atoms with E-state index in [-0.39, 0.29) is 0 Å². The van der Waals surface area contributed by atoms with Gasteiger partial charge in [-0.25, -0.2) is 0 Å². The summed E-state index contributed by atoms with van der Waals surface area (Å²) in [6.07, 6.45) is 2.50. The molecule has 1 aliphatic rings. The molecule has 0 amide bonds. The molecule has 2 aromatic rings. The van der Waals surface area contributed by atoms with Gasteiger partial charge >= 0.3 is 0 Å². The average molecular weight is 272 g/mol. The summed E-state index contributed by atoms with van der Waals surface area (Å²) in [6, 6.07) is 9.34. The van der Waals surface area contributed by atoms with E-state index in [0.29, 0.717) is 42.8 Å². The molecule has 1 aromatic heterocycles. The molecule has 0 aliphatic carbocycles. The zero-order valence-corrected chi connectivity index (χ0v) is 11.0. The van der Waals surface area contributed by atoms with Crippen LogP contribution in [0.5, 0.6) is 17.2 Å². The molecular weight excluding hydrogens is 256 g/mol. The highest BCUT2D eigenvalue weighted by Gasteiger charge is 2.15. The molecule has 1 aromatic carbocycles. The maximum Gasteiger partial charge on any atom is 0.165 e. The van der Waals surface area contributed by atoms with E-state index in [1.807, 2.05) is 18.2 Å². The number of nitrogen functional groups attached to an aromatic ring is 1. The number of pyridine rings is 1. The fourth-order valence-corrected chi connectivity index (χ4v) is 2.02. The fraction of sp³-hybridized carbons (Fsp3) is 0.267. The van der Waals surface area contributed by atoms with Crippen molar-refractivity contribution >= 4 is 5.69 Å². The Morgan fingerprint density at radius 3 is 2.70 bits per heavy atom. The van der Waals surface area contributed by atoms with Gasteiger partial charge in [-0.2, -0.15) is 0 Å². The average Bonchev–Trinajstić information content (AvgIpc) is 2.49. The number of nitrogens with two attached hydrogens (primary N) is 1. The van der Waals surface area contributed by atoms with Crippen LogP contribution in [0.2, 0.25) is 0 Å². The van der Waals surface area contributed by atoms with Crippen LogP contribution in [0.15, 0.2) is 36.5 Å². The van der Waals surface area contributed by atoms with Crippen LogP contribution < -0.4 is 19.9 Å². The van der Waals surface area contributed by atoms with Gasteiger partial charge in [0.1, 0.15) is 19.0 Å². The summed E-state index contributed by atoms with van der Waals surface area (Å²) in [7, 11) is 0. The van der Waals surface area contributed by atoms with E-state index in [1.165, 1.54) is 0 Å². The van der Waals surface area contributed by atoms with Crippen molar-refractivity contribution in [1.29, 1.82) is 0 Å². The lowest BCUT2D eigenvalue weighted by Gasteiger charge is -2.20. The van der Waals surface area contributed by atoms with Crippen molar-refractivity contribution in [3.63, 3.8) is 0 Å². The zero-order valence-electron chi connectivity index (χ0n) is 11.0. The van der Waals surface area contributed by atoms with Crippen molar-refractivity contribution < 1.29 is 14.2 Å². The van der Waals surface area contributed by atoms with Crippen LogP contribution >= 0.6 is 0 Å². The van der Waals surface area contributed by atoms with Crippen LogP contribution in [-0.2, 0) is 6.42 Å². The Bertz CT molecular complexity index is 587. The lowest BCUT2D eigenvalue weighted by Crippen LogP contribution is -2.16. The van der Waals surface area contributed by atoms with Crippen molar-refractivity contribution in [3.05, 3.63) is 42.2 Å². The molecule has 2 N–H and O–H groups in total. The monoisotopic (exact) mass is 272 g/mol.